The normalized spacial score (nSPS) is 46.5. The number of nitrogens with zero attached hydrogens (tertiary/aromatic N) is 1. The lowest BCUT2D eigenvalue weighted by atomic mass is 9.74. The van der Waals surface area contributed by atoms with E-state index in [1.54, 1.807) is 0 Å². The first-order chi connectivity index (χ1) is 11.0. The fourth-order valence-corrected chi connectivity index (χ4v) is 6.17. The maximum absolute atomic E-state index is 13.3. The first-order valence-corrected chi connectivity index (χ1v) is 9.21. The summed E-state index contributed by atoms with van der Waals surface area (Å²) in [5.74, 6) is 0.851. The zero-order valence-corrected chi connectivity index (χ0v) is 14.7. The van der Waals surface area contributed by atoms with E-state index in [1.165, 1.54) is 0 Å². The van der Waals surface area contributed by atoms with Crippen LogP contribution in [0.3, 0.4) is 0 Å². The second-order valence-corrected chi connectivity index (χ2v) is 8.66. The number of amides is 1. The zero-order valence-electron chi connectivity index (χ0n) is 13.1. The van der Waals surface area contributed by atoms with Crippen LogP contribution >= 0.6 is 15.9 Å². The van der Waals surface area contributed by atoms with Gasteiger partial charge in [-0.05, 0) is 42.5 Å². The Labute approximate surface area is 143 Å². The minimum atomic E-state index is -0.600. The van der Waals surface area contributed by atoms with Crippen LogP contribution in [0.15, 0.2) is 28.7 Å². The molecule has 7 atom stereocenters. The number of carbonyl (C=O) groups excluding carboxylic acids is 1. The second kappa shape index (κ2) is 4.38. The summed E-state index contributed by atoms with van der Waals surface area (Å²) >= 11 is 3.46. The topological polar surface area (TPSA) is 49.8 Å². The van der Waals surface area contributed by atoms with E-state index < -0.39 is 11.8 Å². The van der Waals surface area contributed by atoms with Gasteiger partial charge >= 0.3 is 0 Å². The molecule has 4 nitrogen and oxygen atoms in total. The molecule has 2 bridgehead atoms. The molecule has 1 aromatic carbocycles. The summed E-state index contributed by atoms with van der Waals surface area (Å²) in [6, 6.07) is 7.89. The maximum atomic E-state index is 13.3. The highest BCUT2D eigenvalue weighted by Gasteiger charge is 2.79. The molecule has 5 heteroatoms. The number of hydrogen-bond acceptors (Lipinski definition) is 3. The van der Waals surface area contributed by atoms with Crippen LogP contribution in [0.5, 0.6) is 0 Å². The van der Waals surface area contributed by atoms with Crippen molar-refractivity contribution in [1.82, 2.24) is 0 Å². The molecule has 4 aliphatic rings. The summed E-state index contributed by atoms with van der Waals surface area (Å²) in [6.45, 7) is 4.26. The van der Waals surface area contributed by atoms with Crippen molar-refractivity contribution in [3.8, 4) is 0 Å². The summed E-state index contributed by atoms with van der Waals surface area (Å²) in [6.07, 6.45) is 0.364. The van der Waals surface area contributed by atoms with Crippen LogP contribution in [0.1, 0.15) is 20.3 Å². The fraction of sp³-hybridized carbons (Fsp3) is 0.611. The molecule has 1 N–H and O–H groups in total. The summed E-state index contributed by atoms with van der Waals surface area (Å²) < 4.78 is 7.50. The molecule has 2 heterocycles. The van der Waals surface area contributed by atoms with Crippen molar-refractivity contribution in [3.05, 3.63) is 28.7 Å². The quantitative estimate of drug-likeness (QED) is 0.861. The van der Waals surface area contributed by atoms with Crippen LogP contribution in [0, 0.1) is 29.6 Å². The highest BCUT2D eigenvalue weighted by atomic mass is 79.9. The number of benzene rings is 1. The van der Waals surface area contributed by atoms with Gasteiger partial charge in [0.1, 0.15) is 0 Å². The number of aliphatic hydroxyl groups is 1. The molecule has 2 aliphatic heterocycles. The molecule has 1 aromatic rings. The van der Waals surface area contributed by atoms with Gasteiger partial charge in [0.25, 0.3) is 0 Å². The molecular weight excluding hydrogens is 358 g/mol. The van der Waals surface area contributed by atoms with Crippen LogP contribution < -0.4 is 4.90 Å². The van der Waals surface area contributed by atoms with E-state index >= 15 is 0 Å². The van der Waals surface area contributed by atoms with E-state index in [1.807, 2.05) is 29.2 Å². The van der Waals surface area contributed by atoms with E-state index in [2.05, 4.69) is 29.8 Å². The van der Waals surface area contributed by atoms with Crippen molar-refractivity contribution in [1.29, 1.82) is 0 Å². The van der Waals surface area contributed by atoms with Crippen molar-refractivity contribution in [2.24, 2.45) is 29.6 Å². The largest absolute Gasteiger partial charge is 0.390 e. The van der Waals surface area contributed by atoms with Gasteiger partial charge in [0.2, 0.25) is 5.91 Å². The molecular formula is C18H20BrNO3. The molecule has 4 fully saturated rings. The lowest BCUT2D eigenvalue weighted by Crippen LogP contribution is -2.54. The van der Waals surface area contributed by atoms with Gasteiger partial charge in [-0.1, -0.05) is 29.8 Å². The van der Waals surface area contributed by atoms with E-state index in [4.69, 9.17) is 4.74 Å². The van der Waals surface area contributed by atoms with E-state index in [9.17, 15) is 9.90 Å². The Balaban J connectivity index is 1.69. The molecule has 2 aliphatic carbocycles. The predicted molar refractivity (Wildman–Crippen MR) is 88.7 cm³/mol. The Morgan fingerprint density at radius 2 is 2.00 bits per heavy atom. The Hall–Kier alpha value is -0.910. The zero-order chi connectivity index (χ0) is 16.1. The smallest absolute Gasteiger partial charge is 0.233 e. The van der Waals surface area contributed by atoms with Crippen LogP contribution in [0.4, 0.5) is 5.69 Å². The number of halogens is 1. The molecule has 2 saturated carbocycles. The Morgan fingerprint density at radius 3 is 2.65 bits per heavy atom. The molecule has 1 amide bonds. The molecule has 122 valence electrons. The van der Waals surface area contributed by atoms with Gasteiger partial charge in [0, 0.05) is 22.0 Å². The van der Waals surface area contributed by atoms with E-state index in [0.29, 0.717) is 5.92 Å². The number of carbonyl (C=O) groups is 1. The Morgan fingerprint density at radius 1 is 1.30 bits per heavy atom. The maximum Gasteiger partial charge on any atom is 0.233 e. The number of ether oxygens (including phenoxy) is 1. The minimum absolute atomic E-state index is 0.0728. The van der Waals surface area contributed by atoms with Crippen LogP contribution in [0.25, 0.3) is 0 Å². The third kappa shape index (κ3) is 1.48. The van der Waals surface area contributed by atoms with Gasteiger partial charge in [-0.25, -0.2) is 0 Å². The van der Waals surface area contributed by atoms with Gasteiger partial charge < -0.3 is 9.84 Å². The second-order valence-electron chi connectivity index (χ2n) is 7.74. The van der Waals surface area contributed by atoms with E-state index in [0.717, 1.165) is 16.6 Å². The Kier molecular flexibility index (Phi) is 2.75. The molecule has 0 aromatic heterocycles. The predicted octanol–water partition coefficient (Wildman–Crippen LogP) is 2.79. The van der Waals surface area contributed by atoms with Gasteiger partial charge in [-0.2, -0.15) is 0 Å². The van der Waals surface area contributed by atoms with Gasteiger partial charge in [0.15, 0.2) is 5.72 Å². The molecule has 0 unspecified atom stereocenters. The fourth-order valence-electron chi connectivity index (χ4n) is 5.90. The van der Waals surface area contributed by atoms with Crippen molar-refractivity contribution >= 4 is 27.5 Å². The molecule has 0 radical (unpaired) electrons. The third-order valence-electron chi connectivity index (χ3n) is 6.62. The minimum Gasteiger partial charge on any atom is -0.390 e. The van der Waals surface area contributed by atoms with Crippen molar-refractivity contribution < 1.29 is 14.6 Å². The number of hydrogen-bond donors (Lipinski definition) is 1. The lowest BCUT2D eigenvalue weighted by molar-refractivity contribution is -0.136. The third-order valence-corrected chi connectivity index (χ3v) is 7.15. The van der Waals surface area contributed by atoms with Crippen molar-refractivity contribution in [2.75, 3.05) is 4.90 Å². The number of rotatable bonds is 2. The molecule has 2 saturated heterocycles. The van der Waals surface area contributed by atoms with E-state index in [-0.39, 0.29) is 35.7 Å². The monoisotopic (exact) mass is 377 g/mol. The summed E-state index contributed by atoms with van der Waals surface area (Å²) in [5, 5.41) is 10.5. The van der Waals surface area contributed by atoms with Crippen LogP contribution in [-0.4, -0.2) is 28.9 Å². The van der Waals surface area contributed by atoms with Gasteiger partial charge in [-0.15, -0.1) is 0 Å². The number of fused-ring (bicyclic) bond motifs is 2. The number of anilines is 1. The summed E-state index contributed by atoms with van der Waals surface area (Å²) in [7, 11) is 0. The standard InChI is InChI=1S/C18H20BrNO3/c1-8(2)18-14-12-7-11(15(21)16(12)23-18)13(14)17(22)20(18)10-5-3-9(19)4-6-10/h3-6,8,11-16,21H,7H2,1-2H3/t11-,12-,13+,14-,15+,16-,18-/m0/s1. The average Bonchev–Trinajstić information content (AvgIpc) is 3.17. The first kappa shape index (κ1) is 14.4. The summed E-state index contributed by atoms with van der Waals surface area (Å²) in [4.78, 5) is 15.2. The lowest BCUT2D eigenvalue weighted by Gasteiger charge is -2.42. The molecule has 5 rings (SSSR count). The highest BCUT2D eigenvalue weighted by Crippen LogP contribution is 2.69. The molecule has 23 heavy (non-hydrogen) atoms. The molecule has 0 spiro atoms. The summed E-state index contributed by atoms with van der Waals surface area (Å²) in [5.41, 5.74) is 0.299. The number of aliphatic hydroxyl groups excluding tert-OH is 1. The van der Waals surface area contributed by atoms with Crippen LogP contribution in [0.2, 0.25) is 0 Å². The SMILES string of the molecule is CC(C)[C@]12O[C@@H]3[C@H](O)[C@H]4C[C@H]3[C@H]1[C@@H]4C(=O)N2c1ccc(Br)cc1. The highest BCUT2D eigenvalue weighted by molar-refractivity contribution is 9.10. The van der Waals surface area contributed by atoms with Gasteiger partial charge in [-0.3, -0.25) is 9.69 Å². The first-order valence-electron chi connectivity index (χ1n) is 8.42. The van der Waals surface area contributed by atoms with Crippen LogP contribution in [-0.2, 0) is 9.53 Å². The van der Waals surface area contributed by atoms with Gasteiger partial charge in [0.05, 0.1) is 18.1 Å². The average molecular weight is 378 g/mol. The van der Waals surface area contributed by atoms with Crippen molar-refractivity contribution in [3.63, 3.8) is 0 Å². The Bertz CT molecular complexity index is 690. The van der Waals surface area contributed by atoms with Crippen molar-refractivity contribution in [2.45, 2.75) is 38.2 Å².